The average Bonchev–Trinajstić information content (AvgIpc) is 2.57. The molecule has 104 valence electrons. The number of fused-ring (bicyclic) bond motifs is 2. The Kier molecular flexibility index (Phi) is 5.26. The summed E-state index contributed by atoms with van der Waals surface area (Å²) in [5.74, 6) is -0.538. The molecule has 0 fully saturated rings. The molecular formula is C17H18KN2O-. The molecule has 3 rings (SSSR count). The maximum Gasteiger partial charge on any atom is 1.00 e. The van der Waals surface area contributed by atoms with Crippen LogP contribution in [-0.4, -0.2) is 10.9 Å². The number of nitrogens with one attached hydrogen (secondary N) is 1. The van der Waals surface area contributed by atoms with Gasteiger partial charge in [0.2, 0.25) is 0 Å². The van der Waals surface area contributed by atoms with Gasteiger partial charge in [0.05, 0.1) is 5.52 Å². The van der Waals surface area contributed by atoms with Gasteiger partial charge in [-0.3, -0.25) is 4.98 Å². The topological polar surface area (TPSA) is 53.8 Å². The first-order valence-electron chi connectivity index (χ1n) is 6.98. The predicted molar refractivity (Wildman–Crippen MR) is 80.2 cm³/mol. The van der Waals surface area contributed by atoms with Crippen molar-refractivity contribution in [2.24, 2.45) is 5.41 Å². The summed E-state index contributed by atoms with van der Waals surface area (Å²) in [7, 11) is 0. The second-order valence-electron chi connectivity index (χ2n) is 5.88. The number of carbonyl (C=O) groups excluding carboxylic acids is 1. The first kappa shape index (κ1) is 17.1. The van der Waals surface area contributed by atoms with E-state index in [1.807, 2.05) is 13.0 Å². The van der Waals surface area contributed by atoms with Gasteiger partial charge in [-0.1, -0.05) is 18.9 Å². The summed E-state index contributed by atoms with van der Waals surface area (Å²) in [6.45, 7) is 5.99. The molecule has 1 heterocycles. The van der Waals surface area contributed by atoms with Crippen LogP contribution in [-0.2, 0) is 17.6 Å². The molecule has 0 radical (unpaired) electrons. The van der Waals surface area contributed by atoms with Gasteiger partial charge in [0.15, 0.2) is 0 Å². The first-order chi connectivity index (χ1) is 9.48. The fourth-order valence-corrected chi connectivity index (χ4v) is 2.93. The average molecular weight is 305 g/mol. The largest absolute Gasteiger partial charge is 1.00 e. The fourth-order valence-electron chi connectivity index (χ4n) is 2.93. The van der Waals surface area contributed by atoms with Crippen LogP contribution in [0, 0.1) is 19.3 Å². The molecule has 2 aromatic rings. The Labute approximate surface area is 168 Å². The second kappa shape index (κ2) is 6.47. The standard InChI is InChI=1S/C17H19N2O.K/c1-11-3-4-14-9-12-5-7-17(2,16(18)20)8-6-13(12)10-15(14)19-11;/h3-4,9-10H,2,5-8H2,1H3,(H2,18,20);/q-1;+1/p-1. The van der Waals surface area contributed by atoms with Crippen LogP contribution in [0.3, 0.4) is 0 Å². The Balaban J connectivity index is 0.00000161. The Morgan fingerprint density at radius 3 is 2.48 bits per heavy atom. The van der Waals surface area contributed by atoms with E-state index >= 15 is 0 Å². The van der Waals surface area contributed by atoms with Gasteiger partial charge in [-0.25, -0.2) is 0 Å². The normalized spacial score (nSPS) is 21.2. The van der Waals surface area contributed by atoms with Gasteiger partial charge in [-0.05, 0) is 49.1 Å². The number of hydrogen-bond acceptors (Lipinski definition) is 2. The van der Waals surface area contributed by atoms with Crippen LogP contribution in [0.4, 0.5) is 0 Å². The molecule has 1 unspecified atom stereocenters. The zero-order valence-corrected chi connectivity index (χ0v) is 15.8. The second-order valence-corrected chi connectivity index (χ2v) is 5.88. The van der Waals surface area contributed by atoms with Gasteiger partial charge in [0.25, 0.3) is 0 Å². The van der Waals surface area contributed by atoms with E-state index in [1.54, 1.807) is 0 Å². The van der Waals surface area contributed by atoms with Crippen molar-refractivity contribution >= 4 is 16.8 Å². The molecule has 0 saturated heterocycles. The zero-order valence-electron chi connectivity index (χ0n) is 12.7. The fraction of sp³-hybridized carbons (Fsp3) is 0.353. The van der Waals surface area contributed by atoms with Crippen LogP contribution in [0.15, 0.2) is 24.3 Å². The Hall–Kier alpha value is -0.264. The Morgan fingerprint density at radius 1 is 1.24 bits per heavy atom. The number of pyridine rings is 1. The molecule has 1 aliphatic carbocycles. The molecule has 1 aromatic heterocycles. The van der Waals surface area contributed by atoms with Crippen LogP contribution >= 0.6 is 0 Å². The minimum Gasteiger partial charge on any atom is -0.670 e. The van der Waals surface area contributed by atoms with Crippen molar-refractivity contribution in [2.45, 2.75) is 32.6 Å². The molecule has 21 heavy (non-hydrogen) atoms. The summed E-state index contributed by atoms with van der Waals surface area (Å²) in [5.41, 5.74) is 11.2. The summed E-state index contributed by atoms with van der Waals surface area (Å²) in [6, 6.07) is 8.43. The van der Waals surface area contributed by atoms with Crippen molar-refractivity contribution in [1.29, 1.82) is 0 Å². The summed E-state index contributed by atoms with van der Waals surface area (Å²) in [5, 5.41) is 1.14. The van der Waals surface area contributed by atoms with Crippen molar-refractivity contribution in [3.63, 3.8) is 0 Å². The molecule has 1 aliphatic rings. The van der Waals surface area contributed by atoms with Gasteiger partial charge in [0.1, 0.15) is 0 Å². The van der Waals surface area contributed by atoms with Gasteiger partial charge >= 0.3 is 51.4 Å². The van der Waals surface area contributed by atoms with Gasteiger partial charge in [-0.2, -0.15) is 0 Å². The van der Waals surface area contributed by atoms with E-state index in [9.17, 15) is 4.79 Å². The van der Waals surface area contributed by atoms with Crippen molar-refractivity contribution < 1.29 is 56.2 Å². The Bertz CT molecular complexity index is 698. The number of carbonyl (C=O) groups is 1. The molecule has 3 nitrogen and oxygen atoms in total. The number of amides is 1. The van der Waals surface area contributed by atoms with E-state index in [0.29, 0.717) is 12.8 Å². The SMILES string of the molecule is [CH2-]C1(C([NH-])=O)CCc2cc3ccc(C)nc3cc2CC1.[K+]. The Morgan fingerprint density at radius 2 is 1.86 bits per heavy atom. The van der Waals surface area contributed by atoms with Gasteiger partial charge in [-0.15, -0.1) is 5.41 Å². The van der Waals surface area contributed by atoms with Crippen LogP contribution in [0.5, 0.6) is 0 Å². The molecule has 1 atom stereocenters. The third kappa shape index (κ3) is 3.40. The van der Waals surface area contributed by atoms with Crippen LogP contribution < -0.4 is 51.4 Å². The zero-order chi connectivity index (χ0) is 14.3. The maximum atomic E-state index is 11.5. The van der Waals surface area contributed by atoms with Gasteiger partial charge < -0.3 is 17.5 Å². The first-order valence-corrected chi connectivity index (χ1v) is 6.98. The monoisotopic (exact) mass is 305 g/mol. The summed E-state index contributed by atoms with van der Waals surface area (Å²) in [4.78, 5) is 16.1. The molecule has 1 aromatic carbocycles. The molecule has 0 aliphatic heterocycles. The number of nitrogens with zero attached hydrogens (tertiary/aromatic N) is 1. The van der Waals surface area contributed by atoms with E-state index in [1.165, 1.54) is 11.1 Å². The van der Waals surface area contributed by atoms with Crippen LogP contribution in [0.25, 0.3) is 16.6 Å². The minimum atomic E-state index is -0.742. The number of aryl methyl sites for hydroxylation is 3. The van der Waals surface area contributed by atoms with Crippen molar-refractivity contribution in [3.8, 4) is 0 Å². The summed E-state index contributed by atoms with van der Waals surface area (Å²) in [6.07, 6.45) is 2.93. The van der Waals surface area contributed by atoms with Crippen LogP contribution in [0.1, 0.15) is 29.7 Å². The van der Waals surface area contributed by atoms with Crippen molar-refractivity contribution in [1.82, 2.24) is 4.98 Å². The summed E-state index contributed by atoms with van der Waals surface area (Å²) < 4.78 is 0. The molecule has 0 spiro atoms. The molecule has 0 bridgehead atoms. The van der Waals surface area contributed by atoms with E-state index in [0.717, 1.165) is 29.4 Å². The summed E-state index contributed by atoms with van der Waals surface area (Å²) >= 11 is 0. The third-order valence-corrected chi connectivity index (χ3v) is 4.38. The molecular weight excluding hydrogens is 287 g/mol. The number of benzene rings is 1. The smallest absolute Gasteiger partial charge is 0.670 e. The predicted octanol–water partition coefficient (Wildman–Crippen LogP) is 0.825. The molecule has 1 amide bonds. The molecule has 4 heteroatoms. The minimum absolute atomic E-state index is 0. The quantitative estimate of drug-likeness (QED) is 0.445. The molecule has 1 N–H and O–H groups in total. The third-order valence-electron chi connectivity index (χ3n) is 4.38. The van der Waals surface area contributed by atoms with Crippen molar-refractivity contribution in [2.75, 3.05) is 0 Å². The van der Waals surface area contributed by atoms with E-state index in [2.05, 4.69) is 30.1 Å². The number of aromatic nitrogens is 1. The van der Waals surface area contributed by atoms with Crippen LogP contribution in [0.2, 0.25) is 0 Å². The van der Waals surface area contributed by atoms with E-state index in [4.69, 9.17) is 5.73 Å². The number of hydrogen-bond donors (Lipinski definition) is 0. The van der Waals surface area contributed by atoms with Gasteiger partial charge in [0, 0.05) is 17.0 Å². The number of rotatable bonds is 1. The van der Waals surface area contributed by atoms with E-state index in [-0.39, 0.29) is 51.4 Å². The maximum absolute atomic E-state index is 11.5. The van der Waals surface area contributed by atoms with Crippen molar-refractivity contribution in [3.05, 3.63) is 53.7 Å². The van der Waals surface area contributed by atoms with E-state index < -0.39 is 11.3 Å². The molecule has 0 saturated carbocycles.